The number of carbonyl (C=O) groups excluding carboxylic acids is 3. The minimum absolute atomic E-state index is 0.0276. The van der Waals surface area contributed by atoms with Crippen LogP contribution in [0.2, 0.25) is 0 Å². The van der Waals surface area contributed by atoms with Gasteiger partial charge in [-0.25, -0.2) is 4.39 Å². The highest BCUT2D eigenvalue weighted by Crippen LogP contribution is 2.31. The largest absolute Gasteiger partial charge is 0.349 e. The van der Waals surface area contributed by atoms with Gasteiger partial charge >= 0.3 is 0 Å². The number of carbonyl (C=O) groups is 3. The van der Waals surface area contributed by atoms with E-state index < -0.39 is 17.5 Å². The van der Waals surface area contributed by atoms with Gasteiger partial charge in [0, 0.05) is 27.1 Å². The smallest absolute Gasteiger partial charge is 0.299 e. The molecule has 0 radical (unpaired) electrons. The topological polar surface area (TPSA) is 57.7 Å². The molecule has 106 valence electrons. The number of hydrogen-bond acceptors (Lipinski definition) is 3. The van der Waals surface area contributed by atoms with Crippen LogP contribution in [0.3, 0.4) is 0 Å². The van der Waals surface area contributed by atoms with Crippen molar-refractivity contribution in [3.05, 3.63) is 29.6 Å². The molecule has 0 N–H and O–H groups in total. The van der Waals surface area contributed by atoms with E-state index in [1.165, 1.54) is 23.1 Å². The van der Waals surface area contributed by atoms with E-state index in [0.717, 1.165) is 4.90 Å². The van der Waals surface area contributed by atoms with E-state index in [9.17, 15) is 18.8 Å². The van der Waals surface area contributed by atoms with E-state index in [-0.39, 0.29) is 30.1 Å². The number of Topliss-reactive ketones (excluding diaryl/α,β-unsaturated/α-hetero) is 1. The zero-order valence-corrected chi connectivity index (χ0v) is 11.4. The molecule has 0 fully saturated rings. The summed E-state index contributed by atoms with van der Waals surface area (Å²) in [5, 5.41) is 0. The van der Waals surface area contributed by atoms with Gasteiger partial charge in [-0.15, -0.1) is 0 Å². The number of halogens is 1. The van der Waals surface area contributed by atoms with E-state index in [4.69, 9.17) is 0 Å². The molecule has 2 rings (SSSR count). The number of fused-ring (bicyclic) bond motifs is 1. The van der Waals surface area contributed by atoms with Gasteiger partial charge in [0.1, 0.15) is 5.82 Å². The van der Waals surface area contributed by atoms with Gasteiger partial charge in [-0.1, -0.05) is 6.07 Å². The molecule has 0 bridgehead atoms. The quantitative estimate of drug-likeness (QED) is 0.778. The zero-order valence-electron chi connectivity index (χ0n) is 11.4. The molecule has 1 aliphatic heterocycles. The van der Waals surface area contributed by atoms with Crippen molar-refractivity contribution in [2.75, 3.05) is 25.5 Å². The number of rotatable bonds is 4. The van der Waals surface area contributed by atoms with Crippen LogP contribution in [0.4, 0.5) is 10.1 Å². The Morgan fingerprint density at radius 3 is 2.65 bits per heavy atom. The first-order valence-electron chi connectivity index (χ1n) is 6.28. The molecule has 0 saturated carbocycles. The maximum absolute atomic E-state index is 13.8. The van der Waals surface area contributed by atoms with Crippen LogP contribution in [0, 0.1) is 5.82 Å². The number of amides is 2. The summed E-state index contributed by atoms with van der Waals surface area (Å²) in [6.07, 6.45) is 0.624. The predicted octanol–water partition coefficient (Wildman–Crippen LogP) is 1.22. The van der Waals surface area contributed by atoms with E-state index in [2.05, 4.69) is 0 Å². The van der Waals surface area contributed by atoms with Crippen LogP contribution in [-0.2, 0) is 9.59 Å². The first-order valence-corrected chi connectivity index (χ1v) is 6.28. The average Bonchev–Trinajstić information content (AvgIpc) is 2.65. The molecule has 0 unspecified atom stereocenters. The summed E-state index contributed by atoms with van der Waals surface area (Å²) >= 11 is 0. The molecule has 0 atom stereocenters. The van der Waals surface area contributed by atoms with Gasteiger partial charge in [0.2, 0.25) is 5.91 Å². The fraction of sp³-hybridized carbons (Fsp3) is 0.357. The van der Waals surface area contributed by atoms with Crippen LogP contribution >= 0.6 is 0 Å². The number of para-hydroxylation sites is 1. The fourth-order valence-electron chi connectivity index (χ4n) is 2.14. The van der Waals surface area contributed by atoms with Crippen molar-refractivity contribution in [2.45, 2.75) is 12.8 Å². The normalized spacial score (nSPS) is 13.7. The fourth-order valence-corrected chi connectivity index (χ4v) is 2.14. The summed E-state index contributed by atoms with van der Waals surface area (Å²) < 4.78 is 13.8. The average molecular weight is 278 g/mol. The minimum Gasteiger partial charge on any atom is -0.349 e. The third-order valence-electron chi connectivity index (χ3n) is 3.21. The maximum Gasteiger partial charge on any atom is 0.299 e. The van der Waals surface area contributed by atoms with Gasteiger partial charge < -0.3 is 9.80 Å². The molecule has 20 heavy (non-hydrogen) atoms. The molecule has 6 heteroatoms. The Balaban J connectivity index is 2.12. The summed E-state index contributed by atoms with van der Waals surface area (Å²) in [6.45, 7) is 0.151. The lowest BCUT2D eigenvalue weighted by Gasteiger charge is -2.17. The van der Waals surface area contributed by atoms with Gasteiger partial charge in [0.05, 0.1) is 11.3 Å². The van der Waals surface area contributed by atoms with Crippen LogP contribution in [-0.4, -0.2) is 43.1 Å². The lowest BCUT2D eigenvalue weighted by Crippen LogP contribution is -2.32. The first-order chi connectivity index (χ1) is 9.43. The van der Waals surface area contributed by atoms with E-state index >= 15 is 0 Å². The van der Waals surface area contributed by atoms with Gasteiger partial charge in [-0.05, 0) is 18.6 Å². The van der Waals surface area contributed by atoms with Crippen molar-refractivity contribution in [2.24, 2.45) is 0 Å². The molecule has 5 nitrogen and oxygen atoms in total. The van der Waals surface area contributed by atoms with Gasteiger partial charge in [-0.3, -0.25) is 14.4 Å². The Morgan fingerprint density at radius 2 is 2.00 bits per heavy atom. The number of ketones is 1. The van der Waals surface area contributed by atoms with Gasteiger partial charge in [0.25, 0.3) is 11.7 Å². The first kappa shape index (κ1) is 14.2. The minimum atomic E-state index is -0.734. The van der Waals surface area contributed by atoms with Crippen molar-refractivity contribution in [3.63, 3.8) is 0 Å². The van der Waals surface area contributed by atoms with Crippen LogP contribution < -0.4 is 4.90 Å². The Labute approximate surface area is 116 Å². The SMILES string of the molecule is CN(C)C(=O)CCCN1C(=O)C(=O)c2cccc(F)c21. The molecule has 1 aliphatic rings. The molecular weight excluding hydrogens is 263 g/mol. The number of hydrogen-bond donors (Lipinski definition) is 0. The van der Waals surface area contributed by atoms with Crippen molar-refractivity contribution in [1.29, 1.82) is 0 Å². The molecular formula is C14H15FN2O3. The lowest BCUT2D eigenvalue weighted by molar-refractivity contribution is -0.128. The van der Waals surface area contributed by atoms with Crippen LogP contribution in [0.5, 0.6) is 0 Å². The number of anilines is 1. The van der Waals surface area contributed by atoms with Crippen molar-refractivity contribution in [1.82, 2.24) is 4.90 Å². The summed E-state index contributed by atoms with van der Waals surface area (Å²) in [5.74, 6) is -2.10. The van der Waals surface area contributed by atoms with E-state index in [1.54, 1.807) is 14.1 Å². The Hall–Kier alpha value is -2.24. The molecule has 0 aromatic heterocycles. The highest BCUT2D eigenvalue weighted by atomic mass is 19.1. The Kier molecular flexibility index (Phi) is 3.83. The maximum atomic E-state index is 13.8. The molecule has 0 saturated heterocycles. The second-order valence-corrected chi connectivity index (χ2v) is 4.81. The van der Waals surface area contributed by atoms with Crippen LogP contribution in [0.15, 0.2) is 18.2 Å². The Bertz CT molecular complexity index is 584. The summed E-state index contributed by atoms with van der Waals surface area (Å²) in [7, 11) is 3.28. The highest BCUT2D eigenvalue weighted by Gasteiger charge is 2.37. The van der Waals surface area contributed by atoms with Crippen molar-refractivity contribution >= 4 is 23.3 Å². The second kappa shape index (κ2) is 5.40. The predicted molar refractivity (Wildman–Crippen MR) is 71.0 cm³/mol. The van der Waals surface area contributed by atoms with E-state index in [0.29, 0.717) is 6.42 Å². The van der Waals surface area contributed by atoms with Crippen molar-refractivity contribution < 1.29 is 18.8 Å². The summed E-state index contributed by atoms with van der Waals surface area (Å²) in [5.41, 5.74) is 0.119. The molecule has 1 aromatic rings. The molecule has 1 aromatic carbocycles. The van der Waals surface area contributed by atoms with Crippen molar-refractivity contribution in [3.8, 4) is 0 Å². The summed E-state index contributed by atoms with van der Waals surface area (Å²) in [6, 6.07) is 4.05. The van der Waals surface area contributed by atoms with Crippen LogP contribution in [0.25, 0.3) is 0 Å². The molecule has 2 amide bonds. The van der Waals surface area contributed by atoms with E-state index in [1.807, 2.05) is 0 Å². The van der Waals surface area contributed by atoms with Gasteiger partial charge in [0.15, 0.2) is 0 Å². The third kappa shape index (κ3) is 2.41. The number of benzene rings is 1. The molecule has 0 aliphatic carbocycles. The number of nitrogens with zero attached hydrogens (tertiary/aromatic N) is 2. The monoisotopic (exact) mass is 278 g/mol. The lowest BCUT2D eigenvalue weighted by atomic mass is 10.1. The third-order valence-corrected chi connectivity index (χ3v) is 3.21. The summed E-state index contributed by atoms with van der Waals surface area (Å²) in [4.78, 5) is 37.6. The van der Waals surface area contributed by atoms with Gasteiger partial charge in [-0.2, -0.15) is 0 Å². The second-order valence-electron chi connectivity index (χ2n) is 4.81. The Morgan fingerprint density at radius 1 is 1.30 bits per heavy atom. The molecule has 0 spiro atoms. The highest BCUT2D eigenvalue weighted by molar-refractivity contribution is 6.52. The zero-order chi connectivity index (χ0) is 14.9. The standard InChI is InChI=1S/C14H15FN2O3/c1-16(2)11(18)7-4-8-17-12-9(13(19)14(17)20)5-3-6-10(12)15/h3,5-6H,4,7-8H2,1-2H3. The van der Waals surface area contributed by atoms with Crippen LogP contribution in [0.1, 0.15) is 23.2 Å². The molecule has 1 heterocycles.